The molecule has 0 saturated heterocycles. The summed E-state index contributed by atoms with van der Waals surface area (Å²) < 4.78 is 26.9. The lowest BCUT2D eigenvalue weighted by molar-refractivity contribution is 0.515. The molecule has 1 N–H and O–H groups in total. The molecule has 0 amide bonds. The summed E-state index contributed by atoms with van der Waals surface area (Å²) in [6, 6.07) is 21.7. The molecule has 0 saturated carbocycles. The van der Waals surface area contributed by atoms with Crippen molar-refractivity contribution in [3.63, 3.8) is 0 Å². The molecule has 3 aromatic carbocycles. The highest BCUT2D eigenvalue weighted by Gasteiger charge is 2.14. The zero-order valence-corrected chi connectivity index (χ0v) is 19.3. The van der Waals surface area contributed by atoms with E-state index in [-0.39, 0.29) is 10.7 Å². The fourth-order valence-corrected chi connectivity index (χ4v) is 5.07. The van der Waals surface area contributed by atoms with Gasteiger partial charge in [0, 0.05) is 11.6 Å². The average molecular weight is 463 g/mol. The summed E-state index contributed by atoms with van der Waals surface area (Å²) in [5.74, 6) is -0.364. The third kappa shape index (κ3) is 4.95. The van der Waals surface area contributed by atoms with Crippen LogP contribution in [0.4, 0.5) is 0 Å². The van der Waals surface area contributed by atoms with Gasteiger partial charge in [0.1, 0.15) is 22.0 Å². The molecule has 0 unspecified atom stereocenters. The fraction of sp³-hybridized carbons (Fsp3) is 0.120. The van der Waals surface area contributed by atoms with Crippen LogP contribution in [0.15, 0.2) is 82.7 Å². The number of hydrogen-bond donors (Lipinski definition) is 1. The standard InChI is InChI=1S/C25H22N2O3S2/c1-17-7-11-19(12-8-17)23(28)15-22-25(31-24-6-4-3-5-21(24)27-22)26-16-32(29,30)20-13-9-18(2)10-14-20/h3-15,28H,16H2,1-2H3/b23-15-,26-25+. The van der Waals surface area contributed by atoms with Crippen molar-refractivity contribution in [2.45, 2.75) is 18.7 Å². The molecule has 4 aromatic rings. The zero-order chi connectivity index (χ0) is 22.7. The lowest BCUT2D eigenvalue weighted by Crippen LogP contribution is -2.12. The number of para-hydroxylation sites is 1. The summed E-state index contributed by atoms with van der Waals surface area (Å²) in [5, 5.41) is 10.7. The van der Waals surface area contributed by atoms with Crippen molar-refractivity contribution in [1.29, 1.82) is 0 Å². The second-order valence-electron chi connectivity index (χ2n) is 7.48. The van der Waals surface area contributed by atoms with E-state index in [0.717, 1.165) is 21.3 Å². The normalized spacial score (nSPS) is 12.9. The number of rotatable bonds is 5. The molecule has 7 heteroatoms. The molecule has 32 heavy (non-hydrogen) atoms. The zero-order valence-electron chi connectivity index (χ0n) is 17.7. The van der Waals surface area contributed by atoms with E-state index in [9.17, 15) is 13.5 Å². The molecule has 0 aliphatic rings. The summed E-state index contributed by atoms with van der Waals surface area (Å²) in [6.07, 6.45) is 1.53. The Morgan fingerprint density at radius 3 is 2.28 bits per heavy atom. The topological polar surface area (TPSA) is 79.6 Å². The van der Waals surface area contributed by atoms with Crippen molar-refractivity contribution in [3.8, 4) is 0 Å². The van der Waals surface area contributed by atoms with Crippen LogP contribution in [0, 0.1) is 13.8 Å². The monoisotopic (exact) mass is 462 g/mol. The molecular formula is C25H22N2O3S2. The van der Waals surface area contributed by atoms with Crippen LogP contribution >= 0.6 is 11.3 Å². The fourth-order valence-electron chi connectivity index (χ4n) is 3.08. The van der Waals surface area contributed by atoms with E-state index in [1.54, 1.807) is 24.3 Å². The molecule has 0 spiro atoms. The highest BCUT2D eigenvalue weighted by Crippen LogP contribution is 2.19. The Morgan fingerprint density at radius 2 is 1.59 bits per heavy atom. The second-order valence-corrected chi connectivity index (χ2v) is 10.5. The second kappa shape index (κ2) is 9.06. The van der Waals surface area contributed by atoms with Gasteiger partial charge in [-0.25, -0.2) is 13.4 Å². The van der Waals surface area contributed by atoms with Gasteiger partial charge in [-0.3, -0.25) is 4.99 Å². The maximum absolute atomic E-state index is 12.8. The number of nitrogens with zero attached hydrogens (tertiary/aromatic N) is 2. The molecule has 0 bridgehead atoms. The summed E-state index contributed by atoms with van der Waals surface area (Å²) in [7, 11) is -3.60. The molecule has 1 heterocycles. The van der Waals surface area contributed by atoms with Crippen molar-refractivity contribution in [2.75, 3.05) is 5.88 Å². The first kappa shape index (κ1) is 21.9. The summed E-state index contributed by atoms with van der Waals surface area (Å²) >= 11 is 1.34. The van der Waals surface area contributed by atoms with Crippen LogP contribution in [0.2, 0.25) is 0 Å². The maximum Gasteiger partial charge on any atom is 0.198 e. The van der Waals surface area contributed by atoms with E-state index in [4.69, 9.17) is 0 Å². The minimum absolute atomic E-state index is 0.0397. The molecular weight excluding hydrogens is 440 g/mol. The Balaban J connectivity index is 1.79. The van der Waals surface area contributed by atoms with Gasteiger partial charge < -0.3 is 5.11 Å². The van der Waals surface area contributed by atoms with E-state index < -0.39 is 15.7 Å². The SMILES string of the molecule is Cc1ccc(/C(O)=C/c2nc3ccccc3s/c2=N/CS(=O)(=O)c2ccc(C)cc2)cc1. The Hall–Kier alpha value is -3.29. The van der Waals surface area contributed by atoms with Crippen molar-refractivity contribution >= 4 is 43.2 Å². The van der Waals surface area contributed by atoms with E-state index in [0.29, 0.717) is 15.9 Å². The molecule has 0 radical (unpaired) electrons. The van der Waals surface area contributed by atoms with Gasteiger partial charge in [0.25, 0.3) is 0 Å². The van der Waals surface area contributed by atoms with Gasteiger partial charge in [0.15, 0.2) is 9.84 Å². The highest BCUT2D eigenvalue weighted by atomic mass is 32.2. The van der Waals surface area contributed by atoms with Crippen LogP contribution in [0.25, 0.3) is 22.1 Å². The molecule has 162 valence electrons. The Bertz CT molecular complexity index is 1470. The number of sulfone groups is 1. The van der Waals surface area contributed by atoms with Crippen molar-refractivity contribution in [1.82, 2.24) is 4.98 Å². The first-order valence-electron chi connectivity index (χ1n) is 9.99. The quantitative estimate of drug-likeness (QED) is 0.408. The first-order valence-corrected chi connectivity index (χ1v) is 12.5. The minimum atomic E-state index is -3.60. The van der Waals surface area contributed by atoms with Crippen LogP contribution in [-0.2, 0) is 9.84 Å². The van der Waals surface area contributed by atoms with E-state index in [1.165, 1.54) is 17.4 Å². The van der Waals surface area contributed by atoms with Crippen molar-refractivity contribution < 1.29 is 13.5 Å². The highest BCUT2D eigenvalue weighted by molar-refractivity contribution is 7.91. The van der Waals surface area contributed by atoms with E-state index >= 15 is 0 Å². The number of aliphatic hydroxyl groups excluding tert-OH is 1. The third-order valence-electron chi connectivity index (χ3n) is 4.91. The molecule has 5 nitrogen and oxygen atoms in total. The summed E-state index contributed by atoms with van der Waals surface area (Å²) in [4.78, 5) is 9.26. The van der Waals surface area contributed by atoms with Crippen molar-refractivity contribution in [2.24, 2.45) is 4.99 Å². The molecule has 0 fully saturated rings. The average Bonchev–Trinajstić information content (AvgIpc) is 2.78. The van der Waals surface area contributed by atoms with Crippen LogP contribution in [0.3, 0.4) is 0 Å². The summed E-state index contributed by atoms with van der Waals surface area (Å²) in [6.45, 7) is 3.88. The third-order valence-corrected chi connectivity index (χ3v) is 7.47. The molecule has 0 aliphatic heterocycles. The predicted octanol–water partition coefficient (Wildman–Crippen LogP) is 5.30. The lowest BCUT2D eigenvalue weighted by atomic mass is 10.1. The van der Waals surface area contributed by atoms with Gasteiger partial charge in [-0.05, 0) is 38.1 Å². The van der Waals surface area contributed by atoms with Gasteiger partial charge >= 0.3 is 0 Å². The number of aryl methyl sites for hydroxylation is 2. The van der Waals surface area contributed by atoms with Gasteiger partial charge in [0.05, 0.1) is 15.1 Å². The number of hydrogen-bond acceptors (Lipinski definition) is 6. The number of aromatic nitrogens is 1. The molecule has 0 atom stereocenters. The number of aliphatic hydroxyl groups is 1. The summed E-state index contributed by atoms with van der Waals surface area (Å²) in [5.41, 5.74) is 3.89. The molecule has 0 aliphatic carbocycles. The van der Waals surface area contributed by atoms with Gasteiger partial charge in [-0.2, -0.15) is 0 Å². The van der Waals surface area contributed by atoms with E-state index in [2.05, 4.69) is 9.98 Å². The van der Waals surface area contributed by atoms with Crippen LogP contribution < -0.4 is 4.67 Å². The smallest absolute Gasteiger partial charge is 0.198 e. The van der Waals surface area contributed by atoms with Gasteiger partial charge in [-0.1, -0.05) is 59.7 Å². The largest absolute Gasteiger partial charge is 0.507 e. The Morgan fingerprint density at radius 1 is 0.969 bits per heavy atom. The predicted molar refractivity (Wildman–Crippen MR) is 130 cm³/mol. The number of fused-ring (bicyclic) bond motifs is 1. The van der Waals surface area contributed by atoms with E-state index in [1.807, 2.05) is 62.4 Å². The first-order chi connectivity index (χ1) is 15.3. The van der Waals surface area contributed by atoms with Crippen LogP contribution in [0.1, 0.15) is 22.4 Å². The van der Waals surface area contributed by atoms with Gasteiger partial charge in [0.2, 0.25) is 0 Å². The Labute approximate surface area is 191 Å². The molecule has 1 aromatic heterocycles. The van der Waals surface area contributed by atoms with Crippen molar-refractivity contribution in [3.05, 3.63) is 99.9 Å². The lowest BCUT2D eigenvalue weighted by Gasteiger charge is -2.05. The molecule has 4 rings (SSSR count). The van der Waals surface area contributed by atoms with Gasteiger partial charge in [-0.15, -0.1) is 11.3 Å². The Kier molecular flexibility index (Phi) is 6.21. The number of benzene rings is 3. The maximum atomic E-state index is 12.8. The van der Waals surface area contributed by atoms with Crippen LogP contribution in [0.5, 0.6) is 0 Å². The minimum Gasteiger partial charge on any atom is -0.507 e. The van der Waals surface area contributed by atoms with Crippen LogP contribution in [-0.4, -0.2) is 24.4 Å².